The highest BCUT2D eigenvalue weighted by atomic mass is 32.2. The molecule has 0 spiro atoms. The van der Waals surface area contributed by atoms with Crippen LogP contribution in [0.1, 0.15) is 30.1 Å². The fraction of sp³-hybridized carbons (Fsp3) is 0.500. The van der Waals surface area contributed by atoms with Gasteiger partial charge in [-0.2, -0.15) is 0 Å². The second-order valence-corrected chi connectivity index (χ2v) is 7.57. The summed E-state index contributed by atoms with van der Waals surface area (Å²) in [6, 6.07) is 4.95. The Kier molecular flexibility index (Phi) is 4.72. The number of hydrogen-bond donors (Lipinski definition) is 3. The van der Waals surface area contributed by atoms with Crippen LogP contribution in [0.25, 0.3) is 0 Å². The first kappa shape index (κ1) is 15.6. The molecule has 1 aromatic carbocycles. The number of hydrogen-bond acceptors (Lipinski definition) is 5. The monoisotopic (exact) mass is 311 g/mol. The standard InChI is InChI=1S/C14H21N3O3S/c1-2-16-14(18)10-5-6-12(15)13(8-10)17-9-11-4-3-7-21(11,19)20/h5-6,8,11,17H,2-4,7,9,15H2,1H3,(H,16,18). The first-order valence-electron chi connectivity index (χ1n) is 7.07. The van der Waals surface area contributed by atoms with Crippen molar-refractivity contribution in [3.8, 4) is 0 Å². The molecule has 1 atom stereocenters. The minimum atomic E-state index is -2.99. The zero-order valence-electron chi connectivity index (χ0n) is 12.1. The van der Waals surface area contributed by atoms with Gasteiger partial charge in [0.05, 0.1) is 22.4 Å². The maximum atomic E-state index is 11.8. The van der Waals surface area contributed by atoms with E-state index in [9.17, 15) is 13.2 Å². The molecule has 1 heterocycles. The Morgan fingerprint density at radius 2 is 2.19 bits per heavy atom. The number of sulfone groups is 1. The second kappa shape index (κ2) is 6.34. The normalized spacial score (nSPS) is 20.1. The van der Waals surface area contributed by atoms with Gasteiger partial charge in [-0.05, 0) is 38.0 Å². The summed E-state index contributed by atoms with van der Waals surface area (Å²) in [5, 5.41) is 5.41. The smallest absolute Gasteiger partial charge is 0.251 e. The van der Waals surface area contributed by atoms with Crippen LogP contribution in [0.4, 0.5) is 11.4 Å². The number of nitrogens with one attached hydrogen (secondary N) is 2. The van der Waals surface area contributed by atoms with Crippen molar-refractivity contribution < 1.29 is 13.2 Å². The fourth-order valence-corrected chi connectivity index (χ4v) is 4.19. The van der Waals surface area contributed by atoms with Gasteiger partial charge in [-0.3, -0.25) is 4.79 Å². The molecular formula is C14H21N3O3S. The van der Waals surface area contributed by atoms with Gasteiger partial charge >= 0.3 is 0 Å². The third kappa shape index (κ3) is 3.66. The molecule has 1 amide bonds. The van der Waals surface area contributed by atoms with Crippen LogP contribution in [0.2, 0.25) is 0 Å². The molecule has 1 unspecified atom stereocenters. The van der Waals surface area contributed by atoms with Crippen LogP contribution in [0.5, 0.6) is 0 Å². The summed E-state index contributed by atoms with van der Waals surface area (Å²) in [4.78, 5) is 11.8. The van der Waals surface area contributed by atoms with E-state index in [1.807, 2.05) is 6.92 Å². The van der Waals surface area contributed by atoms with E-state index in [0.717, 1.165) is 0 Å². The minimum Gasteiger partial charge on any atom is -0.397 e. The van der Waals surface area contributed by atoms with E-state index in [0.29, 0.717) is 42.9 Å². The highest BCUT2D eigenvalue weighted by molar-refractivity contribution is 7.92. The Bertz CT molecular complexity index is 628. The lowest BCUT2D eigenvalue weighted by atomic mass is 10.1. The van der Waals surface area contributed by atoms with Gasteiger partial charge in [0.25, 0.3) is 5.91 Å². The van der Waals surface area contributed by atoms with Crippen molar-refractivity contribution in [3.05, 3.63) is 23.8 Å². The summed E-state index contributed by atoms with van der Waals surface area (Å²) in [6.45, 7) is 2.72. The molecule has 0 saturated carbocycles. The highest BCUT2D eigenvalue weighted by Crippen LogP contribution is 2.24. The molecule has 1 saturated heterocycles. The number of carbonyl (C=O) groups excluding carboxylic acids is 1. The maximum Gasteiger partial charge on any atom is 0.251 e. The zero-order chi connectivity index (χ0) is 15.5. The predicted molar refractivity (Wildman–Crippen MR) is 84.2 cm³/mol. The lowest BCUT2D eigenvalue weighted by Gasteiger charge is -2.14. The number of benzene rings is 1. The van der Waals surface area contributed by atoms with Crippen LogP contribution >= 0.6 is 0 Å². The number of amides is 1. The van der Waals surface area contributed by atoms with E-state index >= 15 is 0 Å². The molecule has 116 valence electrons. The van der Waals surface area contributed by atoms with Gasteiger partial charge in [0.2, 0.25) is 0 Å². The van der Waals surface area contributed by atoms with E-state index in [-0.39, 0.29) is 16.9 Å². The summed E-state index contributed by atoms with van der Waals surface area (Å²) >= 11 is 0. The molecule has 1 aliphatic rings. The summed E-state index contributed by atoms with van der Waals surface area (Å²) in [6.07, 6.45) is 1.38. The van der Waals surface area contributed by atoms with Gasteiger partial charge in [0.1, 0.15) is 0 Å². The van der Waals surface area contributed by atoms with Crippen LogP contribution in [0, 0.1) is 0 Å². The number of nitrogen functional groups attached to an aromatic ring is 1. The Morgan fingerprint density at radius 1 is 1.43 bits per heavy atom. The average Bonchev–Trinajstić information content (AvgIpc) is 2.77. The third-order valence-electron chi connectivity index (χ3n) is 3.64. The molecule has 4 N–H and O–H groups in total. The van der Waals surface area contributed by atoms with Gasteiger partial charge in [0.15, 0.2) is 9.84 Å². The maximum absolute atomic E-state index is 11.8. The number of carbonyl (C=O) groups is 1. The van der Waals surface area contributed by atoms with Gasteiger partial charge in [-0.25, -0.2) is 8.42 Å². The molecular weight excluding hydrogens is 290 g/mol. The molecule has 21 heavy (non-hydrogen) atoms. The Morgan fingerprint density at radius 3 is 2.81 bits per heavy atom. The molecule has 0 aliphatic carbocycles. The molecule has 6 nitrogen and oxygen atoms in total. The summed E-state index contributed by atoms with van der Waals surface area (Å²) in [7, 11) is -2.99. The average molecular weight is 311 g/mol. The van der Waals surface area contributed by atoms with Crippen molar-refractivity contribution in [1.29, 1.82) is 0 Å². The van der Waals surface area contributed by atoms with Gasteiger partial charge in [0, 0.05) is 18.7 Å². The van der Waals surface area contributed by atoms with Crippen molar-refractivity contribution in [3.63, 3.8) is 0 Å². The third-order valence-corrected chi connectivity index (χ3v) is 5.91. The summed E-state index contributed by atoms with van der Waals surface area (Å²) in [5.74, 6) is 0.0855. The Balaban J connectivity index is 2.09. The van der Waals surface area contributed by atoms with Crippen molar-refractivity contribution in [2.45, 2.75) is 25.0 Å². The molecule has 7 heteroatoms. The van der Waals surface area contributed by atoms with Crippen LogP contribution in [0.15, 0.2) is 18.2 Å². The van der Waals surface area contributed by atoms with E-state index in [1.54, 1.807) is 18.2 Å². The zero-order valence-corrected chi connectivity index (χ0v) is 12.9. The molecule has 1 fully saturated rings. The van der Waals surface area contributed by atoms with Crippen LogP contribution in [-0.4, -0.2) is 38.4 Å². The van der Waals surface area contributed by atoms with Crippen molar-refractivity contribution in [2.75, 3.05) is 29.9 Å². The van der Waals surface area contributed by atoms with Crippen LogP contribution in [0.3, 0.4) is 0 Å². The van der Waals surface area contributed by atoms with Gasteiger partial charge in [-0.15, -0.1) is 0 Å². The SMILES string of the molecule is CCNC(=O)c1ccc(N)c(NCC2CCCS2(=O)=O)c1. The van der Waals surface area contributed by atoms with Crippen molar-refractivity contribution in [2.24, 2.45) is 0 Å². The largest absolute Gasteiger partial charge is 0.397 e. The Labute approximate surface area is 125 Å². The molecule has 0 aromatic heterocycles. The van der Waals surface area contributed by atoms with Crippen molar-refractivity contribution in [1.82, 2.24) is 5.32 Å². The predicted octanol–water partition coefficient (Wildman–Crippen LogP) is 1.01. The topological polar surface area (TPSA) is 101 Å². The first-order valence-corrected chi connectivity index (χ1v) is 8.78. The molecule has 0 bridgehead atoms. The van der Waals surface area contributed by atoms with E-state index < -0.39 is 9.84 Å². The lowest BCUT2D eigenvalue weighted by Crippen LogP contribution is -2.26. The van der Waals surface area contributed by atoms with E-state index in [2.05, 4.69) is 10.6 Å². The number of rotatable bonds is 5. The van der Waals surface area contributed by atoms with Crippen LogP contribution < -0.4 is 16.4 Å². The van der Waals surface area contributed by atoms with Gasteiger partial charge in [-0.1, -0.05) is 0 Å². The van der Waals surface area contributed by atoms with E-state index in [1.165, 1.54) is 0 Å². The lowest BCUT2D eigenvalue weighted by molar-refractivity contribution is 0.0956. The minimum absolute atomic E-state index is 0.172. The summed E-state index contributed by atoms with van der Waals surface area (Å²) < 4.78 is 23.6. The summed E-state index contributed by atoms with van der Waals surface area (Å²) in [5.41, 5.74) is 7.47. The van der Waals surface area contributed by atoms with Gasteiger partial charge < -0.3 is 16.4 Å². The highest BCUT2D eigenvalue weighted by Gasteiger charge is 2.30. The van der Waals surface area contributed by atoms with Crippen LogP contribution in [-0.2, 0) is 9.84 Å². The molecule has 1 aliphatic heterocycles. The molecule has 0 radical (unpaired) electrons. The Hall–Kier alpha value is -1.76. The fourth-order valence-electron chi connectivity index (χ4n) is 2.42. The molecule has 1 aromatic rings. The quantitative estimate of drug-likeness (QED) is 0.704. The van der Waals surface area contributed by atoms with E-state index in [4.69, 9.17) is 5.73 Å². The van der Waals surface area contributed by atoms with Crippen molar-refractivity contribution >= 4 is 27.1 Å². The molecule has 2 rings (SSSR count). The number of anilines is 2. The second-order valence-electron chi connectivity index (χ2n) is 5.17. The first-order chi connectivity index (χ1) is 9.94. The number of nitrogens with two attached hydrogens (primary N) is 1.